The summed E-state index contributed by atoms with van der Waals surface area (Å²) in [4.78, 5) is 14.5. The zero-order valence-corrected chi connectivity index (χ0v) is 16.8. The van der Waals surface area contributed by atoms with Gasteiger partial charge < -0.3 is 4.90 Å². The number of halogens is 1. The fraction of sp³-hybridized carbons (Fsp3) is 0.375. The molecule has 0 aliphatic carbocycles. The highest BCUT2D eigenvalue weighted by atomic mass is 127. The maximum atomic E-state index is 12.7. The quantitative estimate of drug-likeness (QED) is 0.633. The van der Waals surface area contributed by atoms with Crippen molar-refractivity contribution in [1.82, 2.24) is 19.0 Å². The molecule has 9 heteroatoms. The van der Waals surface area contributed by atoms with Crippen molar-refractivity contribution in [2.75, 3.05) is 26.2 Å². The molecule has 1 saturated heterocycles. The van der Waals surface area contributed by atoms with Crippen LogP contribution in [0.15, 0.2) is 41.6 Å². The average molecular weight is 474 g/mol. The molecule has 1 aromatic carbocycles. The van der Waals surface area contributed by atoms with Crippen molar-refractivity contribution in [3.63, 3.8) is 0 Å². The van der Waals surface area contributed by atoms with Gasteiger partial charge in [0.05, 0.1) is 6.20 Å². The van der Waals surface area contributed by atoms with Gasteiger partial charge in [0.25, 0.3) is 5.91 Å². The lowest BCUT2D eigenvalue weighted by Crippen LogP contribution is -2.37. The standard InChI is InChI=1S/C16H19IN4O3S/c1-19-12-15(11-18-19)25(23,24)21-8-2-7-20(9-10-21)16(22)13-3-5-14(17)6-4-13/h3-6,11-12H,2,7-10H2,1H3. The van der Waals surface area contributed by atoms with E-state index in [1.54, 1.807) is 24.1 Å². The smallest absolute Gasteiger partial charge is 0.253 e. The molecule has 0 unspecified atom stereocenters. The van der Waals surface area contributed by atoms with E-state index in [1.807, 2.05) is 12.1 Å². The lowest BCUT2D eigenvalue weighted by Gasteiger charge is -2.21. The first-order chi connectivity index (χ1) is 11.9. The van der Waals surface area contributed by atoms with E-state index in [2.05, 4.69) is 27.7 Å². The summed E-state index contributed by atoms with van der Waals surface area (Å²) in [6.07, 6.45) is 3.46. The summed E-state index contributed by atoms with van der Waals surface area (Å²) in [5.41, 5.74) is 0.629. The Balaban J connectivity index is 1.72. The molecule has 25 heavy (non-hydrogen) atoms. The van der Waals surface area contributed by atoms with Crippen LogP contribution >= 0.6 is 22.6 Å². The Hall–Kier alpha value is -1.46. The Morgan fingerprint density at radius 2 is 1.84 bits per heavy atom. The number of aromatic nitrogens is 2. The molecule has 1 aliphatic heterocycles. The van der Waals surface area contributed by atoms with E-state index in [0.717, 1.165) is 3.57 Å². The molecular weight excluding hydrogens is 455 g/mol. The summed E-state index contributed by atoms with van der Waals surface area (Å²) in [6.45, 7) is 1.61. The fourth-order valence-electron chi connectivity index (χ4n) is 2.79. The second-order valence-electron chi connectivity index (χ2n) is 5.91. The molecule has 1 aliphatic rings. The number of rotatable bonds is 3. The number of carbonyl (C=O) groups excluding carboxylic acids is 1. The van der Waals surface area contributed by atoms with Crippen LogP contribution < -0.4 is 0 Å². The molecule has 1 aromatic heterocycles. The first-order valence-corrected chi connectivity index (χ1v) is 10.4. The predicted octanol–water partition coefficient (Wildman–Crippen LogP) is 1.56. The number of hydrogen-bond acceptors (Lipinski definition) is 4. The molecule has 0 radical (unpaired) electrons. The first kappa shape index (κ1) is 18.3. The maximum Gasteiger partial charge on any atom is 0.253 e. The maximum absolute atomic E-state index is 12.7. The number of sulfonamides is 1. The van der Waals surface area contributed by atoms with Gasteiger partial charge in [0.2, 0.25) is 10.0 Å². The number of benzene rings is 1. The molecule has 1 fully saturated rings. The summed E-state index contributed by atoms with van der Waals surface area (Å²) in [6, 6.07) is 7.40. The van der Waals surface area contributed by atoms with Gasteiger partial charge in [-0.1, -0.05) is 0 Å². The third-order valence-electron chi connectivity index (χ3n) is 4.15. The number of amides is 1. The minimum Gasteiger partial charge on any atom is -0.337 e. The molecule has 134 valence electrons. The van der Waals surface area contributed by atoms with E-state index in [9.17, 15) is 13.2 Å². The molecule has 0 saturated carbocycles. The van der Waals surface area contributed by atoms with Crippen LogP contribution in [0.2, 0.25) is 0 Å². The molecule has 0 bridgehead atoms. The molecule has 7 nitrogen and oxygen atoms in total. The van der Waals surface area contributed by atoms with Crippen molar-refractivity contribution in [1.29, 1.82) is 0 Å². The van der Waals surface area contributed by atoms with Gasteiger partial charge in [0.15, 0.2) is 0 Å². The Labute approximate surface area is 160 Å². The number of nitrogens with zero attached hydrogens (tertiary/aromatic N) is 4. The highest BCUT2D eigenvalue weighted by molar-refractivity contribution is 14.1. The number of aryl methyl sites for hydroxylation is 1. The molecule has 2 heterocycles. The van der Waals surface area contributed by atoms with Crippen LogP contribution in [0.3, 0.4) is 0 Å². The third kappa shape index (κ3) is 4.04. The molecule has 3 rings (SSSR count). The highest BCUT2D eigenvalue weighted by Gasteiger charge is 2.29. The number of carbonyl (C=O) groups is 1. The van der Waals surface area contributed by atoms with E-state index in [4.69, 9.17) is 0 Å². The Morgan fingerprint density at radius 3 is 2.48 bits per heavy atom. The predicted molar refractivity (Wildman–Crippen MR) is 102 cm³/mol. The summed E-state index contributed by atoms with van der Waals surface area (Å²) in [5, 5.41) is 3.94. The van der Waals surface area contributed by atoms with Gasteiger partial charge in [-0.05, 0) is 53.3 Å². The Bertz CT molecular complexity index is 864. The van der Waals surface area contributed by atoms with E-state index in [1.165, 1.54) is 21.4 Å². The van der Waals surface area contributed by atoms with Crippen LogP contribution in [0.25, 0.3) is 0 Å². The molecule has 0 spiro atoms. The molecular formula is C16H19IN4O3S. The Kier molecular flexibility index (Phi) is 5.44. The fourth-order valence-corrected chi connectivity index (χ4v) is 4.61. The summed E-state index contributed by atoms with van der Waals surface area (Å²) in [7, 11) is -1.89. The van der Waals surface area contributed by atoms with Gasteiger partial charge in [-0.25, -0.2) is 8.42 Å². The average Bonchev–Trinajstić information content (AvgIpc) is 2.88. The van der Waals surface area contributed by atoms with Crippen molar-refractivity contribution in [2.24, 2.45) is 7.05 Å². The summed E-state index contributed by atoms with van der Waals surface area (Å²) < 4.78 is 29.4. The highest BCUT2D eigenvalue weighted by Crippen LogP contribution is 2.18. The monoisotopic (exact) mass is 474 g/mol. The molecule has 2 aromatic rings. The minimum absolute atomic E-state index is 0.0583. The van der Waals surface area contributed by atoms with Gasteiger partial charge in [0.1, 0.15) is 4.90 Å². The topological polar surface area (TPSA) is 75.5 Å². The van der Waals surface area contributed by atoms with Gasteiger partial charge >= 0.3 is 0 Å². The lowest BCUT2D eigenvalue weighted by atomic mass is 10.2. The van der Waals surface area contributed by atoms with Gasteiger partial charge in [0, 0.05) is 48.6 Å². The van der Waals surface area contributed by atoms with E-state index >= 15 is 0 Å². The third-order valence-corrected chi connectivity index (χ3v) is 6.72. The second-order valence-corrected chi connectivity index (χ2v) is 9.09. The van der Waals surface area contributed by atoms with E-state index in [0.29, 0.717) is 31.6 Å². The Morgan fingerprint density at radius 1 is 1.12 bits per heavy atom. The van der Waals surface area contributed by atoms with E-state index in [-0.39, 0.29) is 17.3 Å². The zero-order chi connectivity index (χ0) is 18.0. The van der Waals surface area contributed by atoms with Crippen LogP contribution in [0, 0.1) is 3.57 Å². The van der Waals surface area contributed by atoms with Crippen molar-refractivity contribution in [2.45, 2.75) is 11.3 Å². The molecule has 0 atom stereocenters. The molecule has 1 amide bonds. The number of hydrogen-bond donors (Lipinski definition) is 0. The normalized spacial score (nSPS) is 16.6. The van der Waals surface area contributed by atoms with Crippen molar-refractivity contribution < 1.29 is 13.2 Å². The van der Waals surface area contributed by atoms with Crippen LogP contribution in [0.5, 0.6) is 0 Å². The van der Waals surface area contributed by atoms with Crippen LogP contribution in [0.4, 0.5) is 0 Å². The summed E-state index contributed by atoms with van der Waals surface area (Å²) in [5.74, 6) is -0.0583. The van der Waals surface area contributed by atoms with Crippen LogP contribution in [0.1, 0.15) is 16.8 Å². The van der Waals surface area contributed by atoms with Gasteiger partial charge in [-0.2, -0.15) is 9.40 Å². The van der Waals surface area contributed by atoms with Gasteiger partial charge in [-0.15, -0.1) is 0 Å². The second kappa shape index (κ2) is 7.42. The van der Waals surface area contributed by atoms with Crippen LogP contribution in [-0.4, -0.2) is 59.5 Å². The van der Waals surface area contributed by atoms with Crippen molar-refractivity contribution in [3.8, 4) is 0 Å². The van der Waals surface area contributed by atoms with Crippen molar-refractivity contribution >= 4 is 38.5 Å². The zero-order valence-electron chi connectivity index (χ0n) is 13.8. The first-order valence-electron chi connectivity index (χ1n) is 7.91. The van der Waals surface area contributed by atoms with Crippen molar-refractivity contribution in [3.05, 3.63) is 45.8 Å². The largest absolute Gasteiger partial charge is 0.337 e. The van der Waals surface area contributed by atoms with Gasteiger partial charge in [-0.3, -0.25) is 9.48 Å². The lowest BCUT2D eigenvalue weighted by molar-refractivity contribution is 0.0764. The molecule has 0 N–H and O–H groups in total. The van der Waals surface area contributed by atoms with Crippen LogP contribution in [-0.2, 0) is 17.1 Å². The SMILES string of the molecule is Cn1cc(S(=O)(=O)N2CCCN(C(=O)c3ccc(I)cc3)CC2)cn1. The minimum atomic E-state index is -3.57. The summed E-state index contributed by atoms with van der Waals surface area (Å²) >= 11 is 2.19. The van der Waals surface area contributed by atoms with E-state index < -0.39 is 10.0 Å².